The molecule has 1 aliphatic carbocycles. The topological polar surface area (TPSA) is 26.3 Å². The Kier molecular flexibility index (Phi) is 2.94. The highest BCUT2D eigenvalue weighted by Crippen LogP contribution is 2.43. The molecule has 2 unspecified atom stereocenters. The number of hydrogen-bond acceptors (Lipinski definition) is 2. The van der Waals surface area contributed by atoms with E-state index in [0.717, 1.165) is 18.6 Å². The molecule has 2 nitrogen and oxygen atoms in total. The zero-order valence-corrected chi connectivity index (χ0v) is 10.7. The molecule has 2 heteroatoms. The fourth-order valence-corrected chi connectivity index (χ4v) is 3.14. The predicted molar refractivity (Wildman–Crippen MR) is 69.9 cm³/mol. The number of carbonyl (C=O) groups is 1. The molecule has 2 atom stereocenters. The normalized spacial score (nSPS) is 27.7. The molecule has 0 bridgehead atoms. The lowest BCUT2D eigenvalue weighted by Crippen LogP contribution is -2.26. The highest BCUT2D eigenvalue weighted by atomic mass is 16.5. The Morgan fingerprint density at radius 3 is 2.78 bits per heavy atom. The first-order valence-corrected chi connectivity index (χ1v) is 6.74. The average molecular weight is 242 g/mol. The minimum Gasteiger partial charge on any atom is -0.431 e. The fraction of sp³-hybridized carbons (Fsp3) is 0.438. The third-order valence-corrected chi connectivity index (χ3v) is 4.06. The van der Waals surface area contributed by atoms with Crippen molar-refractivity contribution in [1.82, 2.24) is 0 Å². The van der Waals surface area contributed by atoms with Gasteiger partial charge in [0, 0.05) is 11.8 Å². The number of ether oxygens (including phenoxy) is 1. The highest BCUT2D eigenvalue weighted by Gasteiger charge is 2.34. The third kappa shape index (κ3) is 1.96. The summed E-state index contributed by atoms with van der Waals surface area (Å²) in [4.78, 5) is 11.8. The maximum absolute atomic E-state index is 11.8. The Balaban J connectivity index is 2.03. The zero-order valence-electron chi connectivity index (χ0n) is 10.7. The van der Waals surface area contributed by atoms with Crippen LogP contribution in [0.25, 0.3) is 0 Å². The summed E-state index contributed by atoms with van der Waals surface area (Å²) >= 11 is 0. The van der Waals surface area contributed by atoms with Crippen LogP contribution in [-0.4, -0.2) is 5.97 Å². The van der Waals surface area contributed by atoms with Gasteiger partial charge in [0.2, 0.25) is 0 Å². The molecule has 1 aliphatic heterocycles. The van der Waals surface area contributed by atoms with Crippen LogP contribution in [0.2, 0.25) is 0 Å². The lowest BCUT2D eigenvalue weighted by atomic mass is 9.77. The van der Waals surface area contributed by atoms with Gasteiger partial charge in [-0.05, 0) is 30.4 Å². The Morgan fingerprint density at radius 2 is 2.00 bits per heavy atom. The number of hydrogen-bond donors (Lipinski definition) is 0. The molecule has 1 aromatic rings. The van der Waals surface area contributed by atoms with Crippen LogP contribution < -0.4 is 0 Å². The van der Waals surface area contributed by atoms with E-state index in [1.54, 1.807) is 0 Å². The summed E-state index contributed by atoms with van der Waals surface area (Å²) in [6.45, 7) is 2.16. The Hall–Kier alpha value is -1.57. The van der Waals surface area contributed by atoms with Crippen LogP contribution in [0.4, 0.5) is 0 Å². The molecule has 1 heterocycles. The average Bonchev–Trinajstić information content (AvgIpc) is 2.40. The quantitative estimate of drug-likeness (QED) is 0.700. The van der Waals surface area contributed by atoms with Crippen molar-refractivity contribution in [3.63, 3.8) is 0 Å². The summed E-state index contributed by atoms with van der Waals surface area (Å²) in [6, 6.07) is 10.3. The van der Waals surface area contributed by atoms with Crippen molar-refractivity contribution in [2.75, 3.05) is 0 Å². The molecule has 18 heavy (non-hydrogen) atoms. The standard InChI is InChI=1S/C16H18O2/c1-11-6-5-9-13-14(10-15(17)18-16(11)13)12-7-3-2-4-8-12/h2-4,7-8,11,14H,5-6,9-10H2,1H3. The van der Waals surface area contributed by atoms with Crippen LogP contribution in [0.5, 0.6) is 0 Å². The number of benzene rings is 1. The van der Waals surface area contributed by atoms with Gasteiger partial charge in [0.05, 0.1) is 6.42 Å². The van der Waals surface area contributed by atoms with Crippen molar-refractivity contribution in [1.29, 1.82) is 0 Å². The summed E-state index contributed by atoms with van der Waals surface area (Å²) < 4.78 is 5.49. The second-order valence-electron chi connectivity index (χ2n) is 5.32. The van der Waals surface area contributed by atoms with Gasteiger partial charge in [0.15, 0.2) is 0 Å². The van der Waals surface area contributed by atoms with Crippen molar-refractivity contribution in [2.24, 2.45) is 5.92 Å². The van der Waals surface area contributed by atoms with Gasteiger partial charge in [0.1, 0.15) is 5.76 Å². The minimum atomic E-state index is -0.0728. The van der Waals surface area contributed by atoms with Crippen LogP contribution in [0.1, 0.15) is 44.1 Å². The smallest absolute Gasteiger partial charge is 0.311 e. The first-order chi connectivity index (χ1) is 8.75. The Morgan fingerprint density at radius 1 is 1.22 bits per heavy atom. The number of rotatable bonds is 1. The molecule has 2 aliphatic rings. The van der Waals surface area contributed by atoms with Crippen molar-refractivity contribution in [2.45, 2.75) is 38.5 Å². The summed E-state index contributed by atoms with van der Waals surface area (Å²) in [6.07, 6.45) is 3.91. The maximum atomic E-state index is 11.8. The highest BCUT2D eigenvalue weighted by molar-refractivity contribution is 5.74. The van der Waals surface area contributed by atoms with Gasteiger partial charge in [-0.3, -0.25) is 4.79 Å². The molecule has 0 spiro atoms. The van der Waals surface area contributed by atoms with E-state index in [0.29, 0.717) is 12.3 Å². The molecular formula is C16H18O2. The molecule has 1 aromatic carbocycles. The number of carbonyl (C=O) groups excluding carboxylic acids is 1. The van der Waals surface area contributed by atoms with Crippen molar-refractivity contribution >= 4 is 5.97 Å². The van der Waals surface area contributed by atoms with Gasteiger partial charge in [-0.1, -0.05) is 37.3 Å². The molecule has 0 amide bonds. The summed E-state index contributed by atoms with van der Waals surface area (Å²) in [5, 5.41) is 0. The number of esters is 1. The van der Waals surface area contributed by atoms with E-state index < -0.39 is 0 Å². The molecule has 0 aromatic heterocycles. The molecule has 0 N–H and O–H groups in total. The molecule has 0 saturated heterocycles. The van der Waals surface area contributed by atoms with Crippen molar-refractivity contribution < 1.29 is 9.53 Å². The maximum Gasteiger partial charge on any atom is 0.311 e. The first-order valence-electron chi connectivity index (χ1n) is 6.74. The molecule has 94 valence electrons. The molecule has 0 saturated carbocycles. The van der Waals surface area contributed by atoms with Gasteiger partial charge in [-0.15, -0.1) is 0 Å². The fourth-order valence-electron chi connectivity index (χ4n) is 3.14. The summed E-state index contributed by atoms with van der Waals surface area (Å²) in [7, 11) is 0. The van der Waals surface area contributed by atoms with Gasteiger partial charge in [0.25, 0.3) is 0 Å². The first kappa shape index (κ1) is 11.5. The van der Waals surface area contributed by atoms with Crippen molar-refractivity contribution in [3.8, 4) is 0 Å². The van der Waals surface area contributed by atoms with Gasteiger partial charge in [-0.2, -0.15) is 0 Å². The summed E-state index contributed by atoms with van der Waals surface area (Å²) in [5.74, 6) is 1.53. The lowest BCUT2D eigenvalue weighted by molar-refractivity contribution is -0.142. The van der Waals surface area contributed by atoms with Crippen LogP contribution in [0.15, 0.2) is 41.7 Å². The number of allylic oxidation sites excluding steroid dienone is 2. The molecule has 0 fully saturated rings. The Labute approximate surface area is 108 Å². The van der Waals surface area contributed by atoms with E-state index in [1.807, 2.05) is 18.2 Å². The largest absolute Gasteiger partial charge is 0.431 e. The second kappa shape index (κ2) is 4.60. The van der Waals surface area contributed by atoms with Crippen LogP contribution >= 0.6 is 0 Å². The molecular weight excluding hydrogens is 224 g/mol. The monoisotopic (exact) mass is 242 g/mol. The zero-order chi connectivity index (χ0) is 12.5. The van der Waals surface area contributed by atoms with E-state index in [-0.39, 0.29) is 11.9 Å². The molecule has 3 rings (SSSR count). The summed E-state index contributed by atoms with van der Waals surface area (Å²) in [5.41, 5.74) is 2.61. The van der Waals surface area contributed by atoms with Gasteiger partial charge < -0.3 is 4.74 Å². The van der Waals surface area contributed by atoms with Crippen LogP contribution in [0.3, 0.4) is 0 Å². The molecule has 0 radical (unpaired) electrons. The van der Waals surface area contributed by atoms with Crippen LogP contribution in [0, 0.1) is 5.92 Å². The second-order valence-corrected chi connectivity index (χ2v) is 5.32. The van der Waals surface area contributed by atoms with Crippen LogP contribution in [-0.2, 0) is 9.53 Å². The van der Waals surface area contributed by atoms with E-state index in [4.69, 9.17) is 4.74 Å². The van der Waals surface area contributed by atoms with E-state index in [2.05, 4.69) is 19.1 Å². The van der Waals surface area contributed by atoms with Gasteiger partial charge in [-0.25, -0.2) is 0 Å². The Bertz CT molecular complexity index is 487. The van der Waals surface area contributed by atoms with E-state index >= 15 is 0 Å². The third-order valence-electron chi connectivity index (χ3n) is 4.06. The lowest BCUT2D eigenvalue weighted by Gasteiger charge is -2.34. The van der Waals surface area contributed by atoms with E-state index in [9.17, 15) is 4.79 Å². The predicted octanol–water partition coefficient (Wildman–Crippen LogP) is 3.79. The van der Waals surface area contributed by atoms with E-state index in [1.165, 1.54) is 17.6 Å². The SMILES string of the molecule is CC1CCCC2=C1OC(=O)CC2c1ccccc1. The van der Waals surface area contributed by atoms with Crippen molar-refractivity contribution in [3.05, 3.63) is 47.2 Å². The minimum absolute atomic E-state index is 0.0728. The van der Waals surface area contributed by atoms with Gasteiger partial charge >= 0.3 is 5.97 Å².